The number of hydrogen-bond donors (Lipinski definition) is 1. The van der Waals surface area contributed by atoms with E-state index in [1.165, 1.54) is 11.8 Å². The molecule has 0 aliphatic heterocycles. The van der Waals surface area contributed by atoms with Crippen LogP contribution < -0.4 is 10.1 Å². The van der Waals surface area contributed by atoms with E-state index in [1.54, 1.807) is 19.5 Å². The number of pyridine rings is 1. The molecule has 1 aliphatic carbocycles. The molecule has 144 valence electrons. The van der Waals surface area contributed by atoms with Gasteiger partial charge in [-0.05, 0) is 56.2 Å². The first kappa shape index (κ1) is 18.5. The van der Waals surface area contributed by atoms with Crippen molar-refractivity contribution in [2.75, 3.05) is 12.4 Å². The average Bonchev–Trinajstić information content (AvgIpc) is 3.49. The number of aromatic nitrogens is 4. The lowest BCUT2D eigenvalue weighted by Gasteiger charge is -2.13. The van der Waals surface area contributed by atoms with E-state index in [0.717, 1.165) is 40.8 Å². The monoisotopic (exact) mass is 395 g/mol. The van der Waals surface area contributed by atoms with E-state index in [2.05, 4.69) is 25.1 Å². The van der Waals surface area contributed by atoms with Gasteiger partial charge in [0.1, 0.15) is 5.75 Å². The molecule has 28 heavy (non-hydrogen) atoms. The third-order valence-electron chi connectivity index (χ3n) is 4.52. The third kappa shape index (κ3) is 4.01. The van der Waals surface area contributed by atoms with Gasteiger partial charge in [0, 0.05) is 29.7 Å². The number of carbonyl (C=O) groups excluding carboxylic acids is 1. The second-order valence-corrected chi connectivity index (χ2v) is 7.93. The van der Waals surface area contributed by atoms with E-state index >= 15 is 0 Å². The molecule has 8 heteroatoms. The molecule has 0 bridgehead atoms. The topological polar surface area (TPSA) is 81.9 Å². The molecule has 0 unspecified atom stereocenters. The van der Waals surface area contributed by atoms with Gasteiger partial charge >= 0.3 is 0 Å². The van der Waals surface area contributed by atoms with Crippen LogP contribution in [0, 0.1) is 0 Å². The van der Waals surface area contributed by atoms with Crippen LogP contribution in [0.4, 0.5) is 5.69 Å². The Hall–Kier alpha value is -2.87. The molecule has 1 fully saturated rings. The quantitative estimate of drug-likeness (QED) is 0.613. The minimum atomic E-state index is -0.311. The normalized spacial score (nSPS) is 14.5. The number of thioether (sulfide) groups is 1. The van der Waals surface area contributed by atoms with E-state index in [9.17, 15) is 4.79 Å². The first-order valence-electron chi connectivity index (χ1n) is 9.12. The first-order chi connectivity index (χ1) is 13.7. The number of ether oxygens (including phenoxy) is 1. The molecule has 1 N–H and O–H groups in total. The zero-order chi connectivity index (χ0) is 19.5. The van der Waals surface area contributed by atoms with E-state index < -0.39 is 0 Å². The SMILES string of the molecule is COc1ccc(NC(=O)[C@@H](C)Sc2nnc(-c3ccncc3)n2C2CC2)cc1. The number of carbonyl (C=O) groups is 1. The Morgan fingerprint density at radius 2 is 1.89 bits per heavy atom. The highest BCUT2D eigenvalue weighted by Crippen LogP contribution is 2.41. The van der Waals surface area contributed by atoms with Crippen LogP contribution in [0.25, 0.3) is 11.4 Å². The Kier molecular flexibility index (Phi) is 5.29. The fraction of sp³-hybridized carbons (Fsp3) is 0.300. The maximum absolute atomic E-state index is 12.6. The molecule has 7 nitrogen and oxygen atoms in total. The molecule has 1 atom stereocenters. The predicted molar refractivity (Wildman–Crippen MR) is 108 cm³/mol. The van der Waals surface area contributed by atoms with Gasteiger partial charge in [0.05, 0.1) is 12.4 Å². The van der Waals surface area contributed by atoms with Gasteiger partial charge in [-0.25, -0.2) is 0 Å². The van der Waals surface area contributed by atoms with Gasteiger partial charge in [0.25, 0.3) is 0 Å². The molecule has 1 amide bonds. The van der Waals surface area contributed by atoms with Crippen molar-refractivity contribution in [1.29, 1.82) is 0 Å². The van der Waals surface area contributed by atoms with Gasteiger partial charge < -0.3 is 10.1 Å². The lowest BCUT2D eigenvalue weighted by molar-refractivity contribution is -0.115. The summed E-state index contributed by atoms with van der Waals surface area (Å²) in [6, 6.07) is 11.5. The summed E-state index contributed by atoms with van der Waals surface area (Å²) < 4.78 is 7.29. The van der Waals surface area contributed by atoms with Crippen LogP contribution in [0.15, 0.2) is 53.9 Å². The van der Waals surface area contributed by atoms with Crippen LogP contribution >= 0.6 is 11.8 Å². The number of rotatable bonds is 7. The number of benzene rings is 1. The van der Waals surface area contributed by atoms with Crippen molar-refractivity contribution in [2.45, 2.75) is 36.2 Å². The average molecular weight is 395 g/mol. The van der Waals surface area contributed by atoms with Gasteiger partial charge in [0.15, 0.2) is 11.0 Å². The van der Waals surface area contributed by atoms with Crippen molar-refractivity contribution in [3.8, 4) is 17.1 Å². The van der Waals surface area contributed by atoms with Crippen LogP contribution in [-0.2, 0) is 4.79 Å². The fourth-order valence-corrected chi connectivity index (χ4v) is 3.77. The third-order valence-corrected chi connectivity index (χ3v) is 5.58. The minimum Gasteiger partial charge on any atom is -0.497 e. The fourth-order valence-electron chi connectivity index (χ4n) is 2.85. The summed E-state index contributed by atoms with van der Waals surface area (Å²) in [5.41, 5.74) is 1.72. The molecule has 1 saturated carbocycles. The lowest BCUT2D eigenvalue weighted by atomic mass is 10.2. The Labute approximate surface area is 167 Å². The summed E-state index contributed by atoms with van der Waals surface area (Å²) in [7, 11) is 1.61. The molecule has 3 aromatic rings. The highest BCUT2D eigenvalue weighted by molar-refractivity contribution is 8.00. The molecular formula is C20H21N5O2S. The van der Waals surface area contributed by atoms with Gasteiger partial charge in [-0.1, -0.05) is 11.8 Å². The van der Waals surface area contributed by atoms with Gasteiger partial charge in [-0.2, -0.15) is 0 Å². The molecule has 0 saturated heterocycles. The molecule has 4 rings (SSSR count). The number of hydrogen-bond acceptors (Lipinski definition) is 6. The number of anilines is 1. The number of nitrogens with one attached hydrogen (secondary N) is 1. The van der Waals surface area contributed by atoms with Crippen molar-refractivity contribution in [1.82, 2.24) is 19.7 Å². The van der Waals surface area contributed by atoms with Crippen molar-refractivity contribution in [3.05, 3.63) is 48.8 Å². The van der Waals surface area contributed by atoms with Crippen molar-refractivity contribution >= 4 is 23.4 Å². The smallest absolute Gasteiger partial charge is 0.237 e. The first-order valence-corrected chi connectivity index (χ1v) is 10.0. The van der Waals surface area contributed by atoms with Crippen molar-refractivity contribution < 1.29 is 9.53 Å². The van der Waals surface area contributed by atoms with Crippen LogP contribution in [0.2, 0.25) is 0 Å². The van der Waals surface area contributed by atoms with E-state index in [1.807, 2.05) is 43.3 Å². The number of methoxy groups -OCH3 is 1. The highest BCUT2D eigenvalue weighted by atomic mass is 32.2. The largest absolute Gasteiger partial charge is 0.497 e. The summed E-state index contributed by atoms with van der Waals surface area (Å²) >= 11 is 1.43. The summed E-state index contributed by atoms with van der Waals surface area (Å²) in [5.74, 6) is 1.50. The predicted octanol–water partition coefficient (Wildman–Crippen LogP) is 3.80. The van der Waals surface area contributed by atoms with Crippen LogP contribution in [-0.4, -0.2) is 38.0 Å². The van der Waals surface area contributed by atoms with Crippen LogP contribution in [0.3, 0.4) is 0 Å². The Bertz CT molecular complexity index is 954. The molecule has 0 radical (unpaired) electrons. The Morgan fingerprint density at radius 3 is 2.54 bits per heavy atom. The van der Waals surface area contributed by atoms with Gasteiger partial charge in [-0.15, -0.1) is 10.2 Å². The maximum Gasteiger partial charge on any atom is 0.237 e. The summed E-state index contributed by atoms with van der Waals surface area (Å²) in [6.45, 7) is 1.88. The molecule has 2 heterocycles. The summed E-state index contributed by atoms with van der Waals surface area (Å²) in [4.78, 5) is 16.7. The zero-order valence-electron chi connectivity index (χ0n) is 15.7. The maximum atomic E-state index is 12.6. The Morgan fingerprint density at radius 1 is 1.18 bits per heavy atom. The van der Waals surface area contributed by atoms with Crippen LogP contribution in [0.5, 0.6) is 5.75 Å². The van der Waals surface area contributed by atoms with Crippen LogP contribution in [0.1, 0.15) is 25.8 Å². The number of amides is 1. The molecule has 1 aromatic carbocycles. The lowest BCUT2D eigenvalue weighted by Crippen LogP contribution is -2.22. The molecular weight excluding hydrogens is 374 g/mol. The highest BCUT2D eigenvalue weighted by Gasteiger charge is 2.31. The minimum absolute atomic E-state index is 0.0778. The van der Waals surface area contributed by atoms with E-state index in [-0.39, 0.29) is 11.2 Å². The zero-order valence-corrected chi connectivity index (χ0v) is 16.5. The Balaban J connectivity index is 1.49. The summed E-state index contributed by atoms with van der Waals surface area (Å²) in [6.07, 6.45) is 5.71. The molecule has 1 aliphatic rings. The molecule has 0 spiro atoms. The van der Waals surface area contributed by atoms with Gasteiger partial charge in [-0.3, -0.25) is 14.3 Å². The van der Waals surface area contributed by atoms with E-state index in [0.29, 0.717) is 6.04 Å². The second-order valence-electron chi connectivity index (χ2n) is 6.62. The van der Waals surface area contributed by atoms with Crippen molar-refractivity contribution in [3.63, 3.8) is 0 Å². The number of nitrogens with zero attached hydrogens (tertiary/aromatic N) is 4. The van der Waals surface area contributed by atoms with E-state index in [4.69, 9.17) is 4.74 Å². The standard InChI is InChI=1S/C20H21N5O2S/c1-13(19(26)22-15-3-7-17(27-2)8-4-15)28-20-24-23-18(25(20)16-5-6-16)14-9-11-21-12-10-14/h3-4,7-13,16H,5-6H2,1-2H3,(H,22,26)/t13-/m1/s1. The summed E-state index contributed by atoms with van der Waals surface area (Å²) in [5, 5.41) is 12.1. The molecule has 2 aromatic heterocycles. The van der Waals surface area contributed by atoms with Gasteiger partial charge in [0.2, 0.25) is 5.91 Å². The van der Waals surface area contributed by atoms with Crippen molar-refractivity contribution in [2.24, 2.45) is 0 Å². The second kappa shape index (κ2) is 8.02.